The molecule has 0 spiro atoms. The van der Waals surface area contributed by atoms with Crippen LogP contribution in [0.1, 0.15) is 24.4 Å². The first-order valence-corrected chi connectivity index (χ1v) is 8.86. The number of benzene rings is 1. The van der Waals surface area contributed by atoms with E-state index in [2.05, 4.69) is 0 Å². The van der Waals surface area contributed by atoms with Crippen LogP contribution in [0.25, 0.3) is 0 Å². The van der Waals surface area contributed by atoms with Crippen molar-refractivity contribution in [3.63, 3.8) is 0 Å². The monoisotopic (exact) mass is 341 g/mol. The molecule has 7 heteroatoms. The first kappa shape index (κ1) is 16.6. The summed E-state index contributed by atoms with van der Waals surface area (Å²) in [6.45, 7) is 3.71. The molecule has 5 nitrogen and oxygen atoms in total. The minimum absolute atomic E-state index is 0.130. The Bertz CT molecular complexity index is 778. The van der Waals surface area contributed by atoms with Crippen LogP contribution in [0, 0.1) is 0 Å². The van der Waals surface area contributed by atoms with Gasteiger partial charge in [0.05, 0.1) is 4.90 Å². The van der Waals surface area contributed by atoms with Crippen molar-refractivity contribution in [2.45, 2.75) is 24.8 Å². The lowest BCUT2D eigenvalue weighted by molar-refractivity contribution is 0.0953. The van der Waals surface area contributed by atoms with E-state index in [0.29, 0.717) is 5.69 Å². The van der Waals surface area contributed by atoms with Gasteiger partial charge in [-0.2, -0.15) is 0 Å². The van der Waals surface area contributed by atoms with Gasteiger partial charge in [0.15, 0.2) is 20.8 Å². The predicted octanol–water partition coefficient (Wildman–Crippen LogP) is 3.39. The Kier molecular flexibility index (Phi) is 4.63. The van der Waals surface area contributed by atoms with Crippen LogP contribution in [0.5, 0.6) is 0 Å². The van der Waals surface area contributed by atoms with Gasteiger partial charge >= 0.3 is 0 Å². The summed E-state index contributed by atoms with van der Waals surface area (Å²) < 4.78 is 28.1. The lowest BCUT2D eigenvalue weighted by Gasteiger charge is -2.26. The minimum atomic E-state index is -3.27. The molecule has 0 aliphatic carbocycles. The number of furan rings is 1. The van der Waals surface area contributed by atoms with Gasteiger partial charge in [-0.15, -0.1) is 0 Å². The summed E-state index contributed by atoms with van der Waals surface area (Å²) in [6, 6.07) is 9.01. The molecule has 0 bridgehead atoms. The molecular weight excluding hydrogens is 326 g/mol. The van der Waals surface area contributed by atoms with E-state index >= 15 is 0 Å². The molecule has 0 N–H and O–H groups in total. The molecule has 0 aliphatic rings. The van der Waals surface area contributed by atoms with Gasteiger partial charge in [0.25, 0.3) is 5.91 Å². The number of halogens is 1. The molecule has 0 saturated heterocycles. The van der Waals surface area contributed by atoms with Crippen LogP contribution in [0.4, 0.5) is 5.69 Å². The van der Waals surface area contributed by atoms with Crippen LogP contribution in [-0.2, 0) is 9.84 Å². The zero-order valence-electron chi connectivity index (χ0n) is 12.4. The zero-order valence-corrected chi connectivity index (χ0v) is 14.0. The summed E-state index contributed by atoms with van der Waals surface area (Å²) in [5.41, 5.74) is 0.583. The quantitative estimate of drug-likeness (QED) is 0.854. The molecule has 1 aromatic carbocycles. The van der Waals surface area contributed by atoms with Gasteiger partial charge in [-0.05, 0) is 61.8 Å². The largest absolute Gasteiger partial charge is 0.440 e. The van der Waals surface area contributed by atoms with Crippen LogP contribution in [0.2, 0.25) is 5.22 Å². The van der Waals surface area contributed by atoms with Crippen LogP contribution < -0.4 is 4.90 Å². The second-order valence-electron chi connectivity index (χ2n) is 5.14. The molecule has 118 valence electrons. The fourth-order valence-electron chi connectivity index (χ4n) is 2.05. The first-order chi connectivity index (χ1) is 10.2. The van der Waals surface area contributed by atoms with E-state index in [4.69, 9.17) is 16.0 Å². The SMILES string of the molecule is CC(C)N(C(=O)c1ccc(Cl)o1)c1ccc(S(C)(=O)=O)cc1. The van der Waals surface area contributed by atoms with E-state index in [-0.39, 0.29) is 27.8 Å². The van der Waals surface area contributed by atoms with Crippen molar-refractivity contribution in [2.75, 3.05) is 11.2 Å². The highest BCUT2D eigenvalue weighted by molar-refractivity contribution is 7.90. The average Bonchev–Trinajstić information content (AvgIpc) is 2.85. The fourth-order valence-corrected chi connectivity index (χ4v) is 2.83. The maximum absolute atomic E-state index is 12.5. The van der Waals surface area contributed by atoms with E-state index in [0.717, 1.165) is 6.26 Å². The number of carbonyl (C=O) groups is 1. The van der Waals surface area contributed by atoms with Crippen molar-refractivity contribution in [1.82, 2.24) is 0 Å². The van der Waals surface area contributed by atoms with Crippen LogP contribution in [0.15, 0.2) is 45.7 Å². The summed E-state index contributed by atoms with van der Waals surface area (Å²) in [5, 5.41) is 0.138. The van der Waals surface area contributed by atoms with Crippen molar-refractivity contribution in [3.05, 3.63) is 47.4 Å². The Hall–Kier alpha value is -1.79. The molecule has 0 aliphatic heterocycles. The molecule has 0 unspecified atom stereocenters. The standard InChI is InChI=1S/C15H16ClNO4S/c1-10(2)17(15(18)13-8-9-14(16)21-13)11-4-6-12(7-5-11)22(3,19)20/h4-10H,1-3H3. The minimum Gasteiger partial charge on any atom is -0.440 e. The van der Waals surface area contributed by atoms with E-state index in [9.17, 15) is 13.2 Å². The Morgan fingerprint density at radius 2 is 1.73 bits per heavy atom. The van der Waals surface area contributed by atoms with Crippen molar-refractivity contribution in [3.8, 4) is 0 Å². The van der Waals surface area contributed by atoms with Crippen molar-refractivity contribution >= 4 is 33.0 Å². The van der Waals surface area contributed by atoms with Gasteiger partial charge in [0.2, 0.25) is 0 Å². The van der Waals surface area contributed by atoms with E-state index in [1.54, 1.807) is 12.1 Å². The van der Waals surface area contributed by atoms with Gasteiger partial charge in [-0.25, -0.2) is 8.42 Å². The van der Waals surface area contributed by atoms with Gasteiger partial charge in [-0.1, -0.05) is 0 Å². The number of hydrogen-bond acceptors (Lipinski definition) is 4. The summed E-state index contributed by atoms with van der Waals surface area (Å²) >= 11 is 5.70. The van der Waals surface area contributed by atoms with Gasteiger partial charge in [0, 0.05) is 18.0 Å². The molecule has 22 heavy (non-hydrogen) atoms. The molecule has 0 atom stereocenters. The molecule has 1 amide bonds. The molecule has 1 aromatic heterocycles. The normalized spacial score (nSPS) is 11.7. The summed E-state index contributed by atoms with van der Waals surface area (Å²) in [4.78, 5) is 14.3. The molecule has 2 aromatic rings. The Morgan fingerprint density at radius 3 is 2.14 bits per heavy atom. The molecule has 1 heterocycles. The fraction of sp³-hybridized carbons (Fsp3) is 0.267. The van der Waals surface area contributed by atoms with E-state index in [1.165, 1.54) is 29.2 Å². The average molecular weight is 342 g/mol. The van der Waals surface area contributed by atoms with Gasteiger partial charge in [-0.3, -0.25) is 4.79 Å². The summed E-state index contributed by atoms with van der Waals surface area (Å²) in [7, 11) is -3.27. The highest BCUT2D eigenvalue weighted by Gasteiger charge is 2.23. The topological polar surface area (TPSA) is 67.6 Å². The van der Waals surface area contributed by atoms with Gasteiger partial charge in [0.1, 0.15) is 0 Å². The zero-order chi connectivity index (χ0) is 16.5. The Labute approximate surface area is 134 Å². The third-order valence-electron chi connectivity index (χ3n) is 3.06. The molecule has 2 rings (SSSR count). The van der Waals surface area contributed by atoms with E-state index < -0.39 is 9.84 Å². The third kappa shape index (κ3) is 3.51. The lowest BCUT2D eigenvalue weighted by Crippen LogP contribution is -2.36. The molecule has 0 saturated carbocycles. The van der Waals surface area contributed by atoms with Crippen molar-refractivity contribution < 1.29 is 17.6 Å². The second-order valence-corrected chi connectivity index (χ2v) is 7.53. The lowest BCUT2D eigenvalue weighted by atomic mass is 10.2. The summed E-state index contributed by atoms with van der Waals surface area (Å²) in [5.74, 6) is -0.208. The number of sulfone groups is 1. The number of rotatable bonds is 4. The summed E-state index contributed by atoms with van der Waals surface area (Å²) in [6.07, 6.45) is 1.14. The molecule has 0 fully saturated rings. The highest BCUT2D eigenvalue weighted by Crippen LogP contribution is 2.24. The number of amides is 1. The number of nitrogens with zero attached hydrogens (tertiary/aromatic N) is 1. The smallest absolute Gasteiger partial charge is 0.294 e. The maximum Gasteiger partial charge on any atom is 0.294 e. The number of hydrogen-bond donors (Lipinski definition) is 0. The van der Waals surface area contributed by atoms with Gasteiger partial charge < -0.3 is 9.32 Å². The highest BCUT2D eigenvalue weighted by atomic mass is 35.5. The maximum atomic E-state index is 12.5. The molecular formula is C15H16ClNO4S. The van der Waals surface area contributed by atoms with Crippen LogP contribution in [-0.4, -0.2) is 26.6 Å². The Morgan fingerprint density at radius 1 is 1.14 bits per heavy atom. The molecule has 0 radical (unpaired) electrons. The van der Waals surface area contributed by atoms with E-state index in [1.807, 2.05) is 13.8 Å². The number of anilines is 1. The first-order valence-electron chi connectivity index (χ1n) is 6.59. The Balaban J connectivity index is 2.38. The van der Waals surface area contributed by atoms with Crippen LogP contribution >= 0.6 is 11.6 Å². The van der Waals surface area contributed by atoms with Crippen LogP contribution in [0.3, 0.4) is 0 Å². The predicted molar refractivity (Wildman–Crippen MR) is 85.2 cm³/mol. The number of carbonyl (C=O) groups excluding carboxylic acids is 1. The second kappa shape index (κ2) is 6.14. The van der Waals surface area contributed by atoms with Crippen molar-refractivity contribution in [1.29, 1.82) is 0 Å². The van der Waals surface area contributed by atoms with Crippen molar-refractivity contribution in [2.24, 2.45) is 0 Å². The third-order valence-corrected chi connectivity index (χ3v) is 4.39.